The second-order valence-electron chi connectivity index (χ2n) is 5.59. The van der Waals surface area contributed by atoms with Crippen molar-refractivity contribution in [1.29, 1.82) is 1.43 Å². The predicted molar refractivity (Wildman–Crippen MR) is 105 cm³/mol. The molecule has 7 heteroatoms. The van der Waals surface area contributed by atoms with Crippen molar-refractivity contribution >= 4 is 27.5 Å². The van der Waals surface area contributed by atoms with Gasteiger partial charge in [-0.25, -0.2) is 0 Å². The van der Waals surface area contributed by atoms with Crippen molar-refractivity contribution in [3.05, 3.63) is 27.3 Å². The Kier molecular flexibility index (Phi) is 2.54. The second-order valence-corrected chi connectivity index (χ2v) is 6.38. The largest absolute Gasteiger partial charge is 0.506 e. The standard InChI is InChI=1S/C19H27N3O3S/c1-13(2)22-18(25)15(16(23)14-7-12-26-19(14)22)17(24)20-8-6-11-21-9-4-3-5-10-21/h7,12-13,23H,3-6,8-11H2,1-2H3,(H,20,24)/i1D3,3D2,7D,8D2,11D2,12D,13D/hD2. The minimum Gasteiger partial charge on any atom is -0.506 e. The molecule has 2 aromatic rings. The molecule has 3 rings (SSSR count). The molecule has 2 aromatic heterocycles. The fourth-order valence-corrected chi connectivity index (χ4v) is 3.40. The van der Waals surface area contributed by atoms with Gasteiger partial charge in [0.15, 0.2) is 1.41 Å². The number of carbonyl (C=O) groups is 1. The van der Waals surface area contributed by atoms with Gasteiger partial charge in [0.1, 0.15) is 16.1 Å². The normalized spacial score (nSPS) is 29.1. The molecule has 0 radical (unpaired) electrons. The number of fused-ring (bicyclic) bond motifs is 1. The summed E-state index contributed by atoms with van der Waals surface area (Å²) in [5, 5.41) is 3.07. The Morgan fingerprint density at radius 2 is 2.50 bits per heavy atom. The van der Waals surface area contributed by atoms with Gasteiger partial charge in [0, 0.05) is 24.9 Å². The number of piperidine rings is 1. The summed E-state index contributed by atoms with van der Waals surface area (Å²) in [6.45, 7) is -8.03. The molecule has 1 atom stereocenters. The number of nitrogens with zero attached hydrogens (tertiary/aromatic N) is 2. The molecule has 0 bridgehead atoms. The molecule has 1 aliphatic rings. The maximum atomic E-state index is 13.6. The Bertz CT molecular complexity index is 1360. The van der Waals surface area contributed by atoms with Crippen LogP contribution in [0.15, 0.2) is 16.2 Å². The summed E-state index contributed by atoms with van der Waals surface area (Å²) < 4.78 is 113. The Balaban J connectivity index is 2.14. The first-order valence-corrected chi connectivity index (χ1v) is 8.73. The van der Waals surface area contributed by atoms with Crippen molar-refractivity contribution < 1.29 is 27.8 Å². The van der Waals surface area contributed by atoms with E-state index in [-0.39, 0.29) is 31.2 Å². The third-order valence-corrected chi connectivity index (χ3v) is 4.62. The number of likely N-dealkylation sites (tertiary alicyclic amines) is 1. The SMILES string of the molecule is [2H]Oc1c(C(=O)N([2H])C([2H])([2H])CC([2H])([2H])N2CCC([2H])([2H])CC2)c(=O)n(C([2H])(C)C([2H])([2H])[2H])c2sc([2H])c([2H])c12. The van der Waals surface area contributed by atoms with Crippen LogP contribution in [0.25, 0.3) is 10.2 Å². The van der Waals surface area contributed by atoms with Crippen LogP contribution in [0.2, 0.25) is 1.41 Å². The number of amides is 1. The molecular weight excluding hydrogens is 350 g/mol. The summed E-state index contributed by atoms with van der Waals surface area (Å²) in [6.07, 6.45) is -2.67. The molecular formula is C19H27N3O3S. The number of pyridine rings is 1. The quantitative estimate of drug-likeness (QED) is 0.761. The molecule has 0 aromatic carbocycles. The van der Waals surface area contributed by atoms with Gasteiger partial charge in [-0.15, -0.1) is 11.3 Å². The third-order valence-electron chi connectivity index (χ3n) is 3.84. The van der Waals surface area contributed by atoms with Crippen molar-refractivity contribution in [3.63, 3.8) is 0 Å². The molecule has 1 fully saturated rings. The molecule has 1 aliphatic heterocycles. The smallest absolute Gasteiger partial charge is 0.293 e. The molecule has 0 spiro atoms. The van der Waals surface area contributed by atoms with E-state index in [2.05, 4.69) is 5.11 Å². The highest BCUT2D eigenvalue weighted by Crippen LogP contribution is 2.31. The number of thiophene rings is 1. The van der Waals surface area contributed by atoms with Crippen LogP contribution in [0.1, 0.15) is 72.2 Å². The lowest BCUT2D eigenvalue weighted by atomic mass is 10.1. The van der Waals surface area contributed by atoms with Gasteiger partial charge in [-0.3, -0.25) is 14.2 Å². The average molecular weight is 392 g/mol. The van der Waals surface area contributed by atoms with Crippen LogP contribution in [-0.4, -0.2) is 48.0 Å². The number of hydrogen-bond acceptors (Lipinski definition) is 5. The summed E-state index contributed by atoms with van der Waals surface area (Å²) in [4.78, 5) is 27.8. The summed E-state index contributed by atoms with van der Waals surface area (Å²) in [5.74, 6) is -2.69. The highest BCUT2D eigenvalue weighted by atomic mass is 32.1. The van der Waals surface area contributed by atoms with Crippen molar-refractivity contribution in [3.8, 4) is 5.75 Å². The summed E-state index contributed by atoms with van der Waals surface area (Å²) in [5.41, 5.74) is -2.77. The van der Waals surface area contributed by atoms with Gasteiger partial charge >= 0.3 is 0 Å². The van der Waals surface area contributed by atoms with E-state index in [1.165, 1.54) is 4.90 Å². The number of hydrogen-bond donors (Lipinski definition) is 2. The van der Waals surface area contributed by atoms with Gasteiger partial charge in [-0.1, -0.05) is 6.37 Å². The zero-order valence-electron chi connectivity index (χ0n) is 28.0. The molecule has 0 aliphatic carbocycles. The lowest BCUT2D eigenvalue weighted by Gasteiger charge is -2.26. The fraction of sp³-hybridized carbons (Fsp3) is 0.579. The van der Waals surface area contributed by atoms with E-state index in [0.717, 1.165) is 6.92 Å². The van der Waals surface area contributed by atoms with Crippen molar-refractivity contribution in [2.24, 2.45) is 0 Å². The predicted octanol–water partition coefficient (Wildman–Crippen LogP) is 2.96. The summed E-state index contributed by atoms with van der Waals surface area (Å²) in [7, 11) is 0. The maximum Gasteiger partial charge on any atom is 0.293 e. The second kappa shape index (κ2) is 8.22. The van der Waals surface area contributed by atoms with Crippen molar-refractivity contribution in [1.82, 2.24) is 14.8 Å². The van der Waals surface area contributed by atoms with Gasteiger partial charge < -0.3 is 15.3 Å². The number of carbonyl (C=O) groups excluding carboxylic acids is 1. The van der Waals surface area contributed by atoms with E-state index in [9.17, 15) is 9.59 Å². The average Bonchev–Trinajstić information content (AvgIpc) is 3.08. The summed E-state index contributed by atoms with van der Waals surface area (Å²) >= 11 is 0.431. The molecule has 1 saturated heterocycles. The zero-order chi connectivity index (χ0) is 30.8. The Morgan fingerprint density at radius 1 is 1.69 bits per heavy atom. The van der Waals surface area contributed by atoms with Crippen molar-refractivity contribution in [2.75, 3.05) is 26.1 Å². The lowest BCUT2D eigenvalue weighted by Crippen LogP contribution is -2.36. The zero-order valence-corrected chi connectivity index (χ0v) is 14.8. The lowest BCUT2D eigenvalue weighted by molar-refractivity contribution is 0.0946. The van der Waals surface area contributed by atoms with Crippen LogP contribution < -0.4 is 10.9 Å². The first kappa shape index (κ1) is 8.02. The number of aromatic hydroxyl groups is 1. The number of nitrogens with one attached hydrogen (secondary N) is 1. The molecule has 3 heterocycles. The van der Waals surface area contributed by atoms with E-state index in [0.29, 0.717) is 15.9 Å². The molecule has 26 heavy (non-hydrogen) atoms. The van der Waals surface area contributed by atoms with E-state index in [1.807, 2.05) is 0 Å². The molecule has 142 valence electrons. The first-order valence-electron chi connectivity index (χ1n) is 14.8. The first-order chi connectivity index (χ1) is 18.0. The van der Waals surface area contributed by atoms with Gasteiger partial charge in [-0.05, 0) is 64.0 Å². The van der Waals surface area contributed by atoms with Crippen molar-refractivity contribution in [2.45, 2.75) is 45.4 Å². The van der Waals surface area contributed by atoms with Gasteiger partial charge in [0.05, 0.1) is 9.50 Å². The molecule has 6 nitrogen and oxygen atoms in total. The van der Waals surface area contributed by atoms with Gasteiger partial charge in [0.25, 0.3) is 12.9 Å². The van der Waals surface area contributed by atoms with Crippen LogP contribution in [0.4, 0.5) is 0 Å². The van der Waals surface area contributed by atoms with E-state index < -0.39 is 83.1 Å². The van der Waals surface area contributed by atoms with E-state index in [1.54, 1.807) is 0 Å². The molecule has 0 saturated carbocycles. The molecule has 2 N–H and O–H groups in total. The Morgan fingerprint density at radius 3 is 3.23 bits per heavy atom. The van der Waals surface area contributed by atoms with Gasteiger partial charge in [0.2, 0.25) is 0 Å². The third kappa shape index (κ3) is 3.78. The highest BCUT2D eigenvalue weighted by molar-refractivity contribution is 7.16. The van der Waals surface area contributed by atoms with E-state index >= 15 is 0 Å². The minimum atomic E-state index is -3.18. The minimum absolute atomic E-state index is 0.0216. The Hall–Kier alpha value is -1.86. The molecule has 1 amide bonds. The highest BCUT2D eigenvalue weighted by Gasteiger charge is 2.23. The fourth-order valence-electron chi connectivity index (χ4n) is 2.60. The summed E-state index contributed by atoms with van der Waals surface area (Å²) in [6, 6.07) is -3.43. The monoisotopic (exact) mass is 391 g/mol. The van der Waals surface area contributed by atoms with Crippen LogP contribution in [-0.2, 0) is 0 Å². The van der Waals surface area contributed by atoms with Crippen LogP contribution >= 0.6 is 11.3 Å². The number of aromatic nitrogens is 1. The maximum absolute atomic E-state index is 13.6. The van der Waals surface area contributed by atoms with Gasteiger partial charge in [-0.2, -0.15) is 0 Å². The topological polar surface area (TPSA) is 74.6 Å². The number of rotatable bonds is 7. The van der Waals surface area contributed by atoms with Crippen LogP contribution in [0.5, 0.6) is 5.75 Å². The van der Waals surface area contributed by atoms with E-state index in [4.69, 9.17) is 19.3 Å². The molecule has 1 unspecified atom stereocenters. The van der Waals surface area contributed by atoms with Crippen LogP contribution in [0.3, 0.4) is 0 Å². The Labute approximate surface area is 177 Å². The van der Waals surface area contributed by atoms with Crippen LogP contribution in [0, 0.1) is 0 Å².